The second kappa shape index (κ2) is 5.28. The highest BCUT2D eigenvalue weighted by Gasteiger charge is 2.33. The average molecular weight is 303 g/mol. The summed E-state index contributed by atoms with van der Waals surface area (Å²) in [6, 6.07) is 1.64. The molecule has 1 amide bonds. The molecule has 0 bridgehead atoms. The molecule has 0 unspecified atom stereocenters. The number of halogens is 3. The molecule has 0 aliphatic heterocycles. The number of nitrogens with zero attached hydrogens (tertiary/aromatic N) is 2. The van der Waals surface area contributed by atoms with E-state index >= 15 is 0 Å². The number of carbonyl (C=O) groups excluding carboxylic acids is 1. The largest absolute Gasteiger partial charge is 0.406 e. The summed E-state index contributed by atoms with van der Waals surface area (Å²) in [7, 11) is 0. The molecule has 108 valence electrons. The van der Waals surface area contributed by atoms with Crippen LogP contribution in [0.1, 0.15) is 16.6 Å². The number of nitrogens with two attached hydrogens (primary N) is 1. The first-order valence-corrected chi connectivity index (χ1v) is 6.63. The summed E-state index contributed by atoms with van der Waals surface area (Å²) in [6.07, 6.45) is -1.38. The summed E-state index contributed by atoms with van der Waals surface area (Å²) in [5, 5.41) is 0.636. The lowest BCUT2D eigenvalue weighted by Crippen LogP contribution is -2.38. The minimum atomic E-state index is -4.43. The number of aromatic nitrogens is 1. The van der Waals surface area contributed by atoms with Crippen LogP contribution in [0.3, 0.4) is 0 Å². The number of hydrogen-bond acceptors (Lipinski definition) is 4. The number of thiophene rings is 1. The fourth-order valence-corrected chi connectivity index (χ4v) is 2.87. The molecule has 0 atom stereocenters. The molecule has 0 fully saturated rings. The van der Waals surface area contributed by atoms with Crippen LogP contribution in [0.4, 0.5) is 18.9 Å². The maximum absolute atomic E-state index is 12.4. The zero-order chi connectivity index (χ0) is 14.9. The van der Waals surface area contributed by atoms with Gasteiger partial charge in [0.1, 0.15) is 11.4 Å². The van der Waals surface area contributed by atoms with Crippen molar-refractivity contribution in [3.63, 3.8) is 0 Å². The Balaban J connectivity index is 2.37. The fraction of sp³-hybridized carbons (Fsp3) is 0.333. The van der Waals surface area contributed by atoms with Crippen LogP contribution in [0.2, 0.25) is 0 Å². The van der Waals surface area contributed by atoms with E-state index in [0.717, 1.165) is 16.2 Å². The zero-order valence-electron chi connectivity index (χ0n) is 10.6. The number of fused-ring (bicyclic) bond motifs is 1. The van der Waals surface area contributed by atoms with Gasteiger partial charge < -0.3 is 10.6 Å². The molecular weight excluding hydrogens is 291 g/mol. The smallest absolute Gasteiger partial charge is 0.397 e. The number of nitrogen functional groups attached to an aromatic ring is 1. The minimum Gasteiger partial charge on any atom is -0.397 e. The molecule has 2 N–H and O–H groups in total. The van der Waals surface area contributed by atoms with Gasteiger partial charge in [-0.2, -0.15) is 13.2 Å². The second-order valence-corrected chi connectivity index (χ2v) is 5.20. The molecule has 0 saturated carbocycles. The Morgan fingerprint density at radius 1 is 1.50 bits per heavy atom. The summed E-state index contributed by atoms with van der Waals surface area (Å²) in [4.78, 5) is 16.9. The van der Waals surface area contributed by atoms with Gasteiger partial charge in [-0.1, -0.05) is 0 Å². The number of alkyl halides is 3. The van der Waals surface area contributed by atoms with Gasteiger partial charge in [0.2, 0.25) is 0 Å². The number of rotatable bonds is 3. The minimum absolute atomic E-state index is 0.0374. The number of pyridine rings is 1. The van der Waals surface area contributed by atoms with Crippen LogP contribution in [0.5, 0.6) is 0 Å². The van der Waals surface area contributed by atoms with Crippen LogP contribution in [-0.2, 0) is 0 Å². The predicted octanol–water partition coefficient (Wildman–Crippen LogP) is 2.90. The molecule has 2 rings (SSSR count). The molecule has 2 aromatic rings. The van der Waals surface area contributed by atoms with E-state index in [1.807, 2.05) is 0 Å². The molecule has 0 spiro atoms. The van der Waals surface area contributed by atoms with Gasteiger partial charge in [-0.3, -0.25) is 9.78 Å². The second-order valence-electron chi connectivity index (χ2n) is 4.15. The molecule has 0 aliphatic rings. The lowest BCUT2D eigenvalue weighted by atomic mass is 10.2. The van der Waals surface area contributed by atoms with Crippen LogP contribution >= 0.6 is 11.3 Å². The fourth-order valence-electron chi connectivity index (χ4n) is 1.82. The van der Waals surface area contributed by atoms with Gasteiger partial charge >= 0.3 is 6.18 Å². The van der Waals surface area contributed by atoms with E-state index in [0.29, 0.717) is 10.1 Å². The number of hydrogen-bond donors (Lipinski definition) is 1. The van der Waals surface area contributed by atoms with E-state index in [-0.39, 0.29) is 17.1 Å². The summed E-state index contributed by atoms with van der Waals surface area (Å²) in [5.41, 5.74) is 6.06. The molecule has 4 nitrogen and oxygen atoms in total. The van der Waals surface area contributed by atoms with Crippen molar-refractivity contribution < 1.29 is 18.0 Å². The Kier molecular flexibility index (Phi) is 3.85. The van der Waals surface area contributed by atoms with E-state index in [9.17, 15) is 18.0 Å². The van der Waals surface area contributed by atoms with Crippen molar-refractivity contribution in [3.05, 3.63) is 23.3 Å². The molecule has 2 heterocycles. The molecule has 0 radical (unpaired) electrons. The molecular formula is C12H12F3N3OS. The van der Waals surface area contributed by atoms with Crippen LogP contribution in [0.15, 0.2) is 18.5 Å². The van der Waals surface area contributed by atoms with Crippen molar-refractivity contribution in [2.75, 3.05) is 18.8 Å². The maximum atomic E-state index is 12.4. The summed E-state index contributed by atoms with van der Waals surface area (Å²) < 4.78 is 38.0. The monoisotopic (exact) mass is 303 g/mol. The van der Waals surface area contributed by atoms with Gasteiger partial charge in [-0.05, 0) is 13.0 Å². The Bertz CT molecular complexity index is 638. The van der Waals surface area contributed by atoms with Gasteiger partial charge in [0.15, 0.2) is 0 Å². The van der Waals surface area contributed by atoms with Gasteiger partial charge in [0.05, 0.1) is 10.4 Å². The number of anilines is 1. The van der Waals surface area contributed by atoms with Gasteiger partial charge in [-0.25, -0.2) is 0 Å². The van der Waals surface area contributed by atoms with E-state index in [4.69, 9.17) is 5.73 Å². The summed E-state index contributed by atoms with van der Waals surface area (Å²) in [5.74, 6) is -0.705. The number of carbonyl (C=O) groups is 1. The topological polar surface area (TPSA) is 59.2 Å². The lowest BCUT2D eigenvalue weighted by Gasteiger charge is -2.21. The Labute approximate surface area is 117 Å². The van der Waals surface area contributed by atoms with Gasteiger partial charge in [-0.15, -0.1) is 11.3 Å². The van der Waals surface area contributed by atoms with Crippen LogP contribution < -0.4 is 5.73 Å². The van der Waals surface area contributed by atoms with Crippen molar-refractivity contribution in [2.24, 2.45) is 0 Å². The third-order valence-corrected chi connectivity index (χ3v) is 3.91. The highest BCUT2D eigenvalue weighted by atomic mass is 32.1. The van der Waals surface area contributed by atoms with Crippen molar-refractivity contribution in [2.45, 2.75) is 13.1 Å². The predicted molar refractivity (Wildman–Crippen MR) is 71.7 cm³/mol. The first kappa shape index (κ1) is 14.6. The van der Waals surface area contributed by atoms with E-state index in [1.54, 1.807) is 6.07 Å². The highest BCUT2D eigenvalue weighted by Crippen LogP contribution is 2.34. The first-order valence-electron chi connectivity index (χ1n) is 5.81. The third kappa shape index (κ3) is 2.84. The third-order valence-electron chi connectivity index (χ3n) is 2.76. The van der Waals surface area contributed by atoms with Crippen molar-refractivity contribution in [1.29, 1.82) is 0 Å². The van der Waals surface area contributed by atoms with E-state index in [1.165, 1.54) is 19.3 Å². The quantitative estimate of drug-likeness (QED) is 0.948. The van der Waals surface area contributed by atoms with Crippen molar-refractivity contribution >= 4 is 33.0 Å². The molecule has 0 saturated heterocycles. The Hall–Kier alpha value is -1.83. The molecule has 2 aromatic heterocycles. The van der Waals surface area contributed by atoms with E-state index in [2.05, 4.69) is 4.98 Å². The summed E-state index contributed by atoms with van der Waals surface area (Å²) >= 11 is 1.06. The normalized spacial score (nSPS) is 11.8. The Morgan fingerprint density at radius 3 is 2.75 bits per heavy atom. The first-order chi connectivity index (χ1) is 9.33. The molecule has 20 heavy (non-hydrogen) atoms. The SMILES string of the molecule is CCN(CC(F)(F)F)C(=O)c1sc2cnccc2c1N. The van der Waals surface area contributed by atoms with Crippen LogP contribution in [0, 0.1) is 0 Å². The molecule has 8 heteroatoms. The summed E-state index contributed by atoms with van der Waals surface area (Å²) in [6.45, 7) is 0.174. The lowest BCUT2D eigenvalue weighted by molar-refractivity contribution is -0.140. The molecule has 0 aliphatic carbocycles. The highest BCUT2D eigenvalue weighted by molar-refractivity contribution is 7.21. The van der Waals surface area contributed by atoms with Crippen molar-refractivity contribution in [1.82, 2.24) is 9.88 Å². The molecule has 0 aromatic carbocycles. The van der Waals surface area contributed by atoms with Gasteiger partial charge in [0, 0.05) is 24.3 Å². The number of amides is 1. The van der Waals surface area contributed by atoms with Crippen LogP contribution in [-0.4, -0.2) is 35.1 Å². The van der Waals surface area contributed by atoms with E-state index < -0.39 is 18.6 Å². The zero-order valence-corrected chi connectivity index (χ0v) is 11.4. The van der Waals surface area contributed by atoms with Crippen LogP contribution in [0.25, 0.3) is 10.1 Å². The van der Waals surface area contributed by atoms with Crippen molar-refractivity contribution in [3.8, 4) is 0 Å². The Morgan fingerprint density at radius 2 is 2.20 bits per heavy atom. The van der Waals surface area contributed by atoms with Gasteiger partial charge in [0.25, 0.3) is 5.91 Å². The average Bonchev–Trinajstić information content (AvgIpc) is 2.72. The standard InChI is InChI=1S/C12H12F3N3OS/c1-2-18(6-12(13,14)15)11(19)10-9(16)7-3-4-17-5-8(7)20-10/h3-5H,2,6,16H2,1H3. The maximum Gasteiger partial charge on any atom is 0.406 e.